The van der Waals surface area contributed by atoms with Gasteiger partial charge in [-0.15, -0.1) is 0 Å². The number of aliphatic hydroxyl groups excluding tert-OH is 3. The fourth-order valence-electron chi connectivity index (χ4n) is 1.87. The molecule has 0 amide bonds. The molecule has 6 nitrogen and oxygen atoms in total. The van der Waals surface area contributed by atoms with Gasteiger partial charge in [0, 0.05) is 6.61 Å². The van der Waals surface area contributed by atoms with Crippen molar-refractivity contribution < 1.29 is 29.9 Å². The van der Waals surface area contributed by atoms with Crippen LogP contribution >= 0.6 is 0 Å². The second kappa shape index (κ2) is 7.37. The minimum absolute atomic E-state index is 0.218. The number of unbranched alkanes of at least 4 members (excludes halogenated alkanes) is 3. The van der Waals surface area contributed by atoms with Crippen molar-refractivity contribution >= 4 is 0 Å². The second-order valence-electron chi connectivity index (χ2n) is 4.77. The first kappa shape index (κ1) is 15.8. The van der Waals surface area contributed by atoms with Gasteiger partial charge in [0.2, 0.25) is 5.79 Å². The van der Waals surface area contributed by atoms with Crippen molar-refractivity contribution in [1.29, 1.82) is 0 Å². The number of hydrogen-bond acceptors (Lipinski definition) is 6. The molecule has 1 fully saturated rings. The third kappa shape index (κ3) is 4.15. The number of aliphatic hydroxyl groups is 4. The molecular weight excluding hydrogens is 240 g/mol. The molecule has 0 aromatic carbocycles. The molecule has 0 bridgehead atoms. The van der Waals surface area contributed by atoms with Crippen LogP contribution in [0.1, 0.15) is 32.6 Å². The molecule has 0 unspecified atom stereocenters. The molecule has 4 atom stereocenters. The molecule has 1 saturated heterocycles. The summed E-state index contributed by atoms with van der Waals surface area (Å²) in [5.74, 6) is -1.94. The van der Waals surface area contributed by atoms with E-state index in [1.165, 1.54) is 0 Å². The zero-order valence-corrected chi connectivity index (χ0v) is 10.8. The van der Waals surface area contributed by atoms with Gasteiger partial charge in [-0.05, 0) is 6.42 Å². The summed E-state index contributed by atoms with van der Waals surface area (Å²) in [5, 5.41) is 38.3. The van der Waals surface area contributed by atoms with Gasteiger partial charge in [0.15, 0.2) is 0 Å². The van der Waals surface area contributed by atoms with Crippen LogP contribution in [0.5, 0.6) is 0 Å². The summed E-state index contributed by atoms with van der Waals surface area (Å²) < 4.78 is 10.2. The van der Waals surface area contributed by atoms with E-state index >= 15 is 0 Å². The lowest BCUT2D eigenvalue weighted by Gasteiger charge is -2.41. The molecule has 18 heavy (non-hydrogen) atoms. The van der Waals surface area contributed by atoms with E-state index < -0.39 is 24.1 Å². The van der Waals surface area contributed by atoms with Crippen LogP contribution in [0.2, 0.25) is 0 Å². The maximum absolute atomic E-state index is 9.96. The summed E-state index contributed by atoms with van der Waals surface area (Å²) in [6.07, 6.45) is 0.0208. The maximum atomic E-state index is 9.96. The normalized spacial score (nSPS) is 36.8. The largest absolute Gasteiger partial charge is 0.388 e. The first-order valence-electron chi connectivity index (χ1n) is 6.49. The van der Waals surface area contributed by atoms with Crippen LogP contribution in [0.25, 0.3) is 0 Å². The van der Waals surface area contributed by atoms with Gasteiger partial charge in [-0.25, -0.2) is 0 Å². The third-order valence-corrected chi connectivity index (χ3v) is 3.14. The van der Waals surface area contributed by atoms with Crippen LogP contribution in [0, 0.1) is 0 Å². The Morgan fingerprint density at radius 1 is 1.22 bits per heavy atom. The van der Waals surface area contributed by atoms with Gasteiger partial charge in [-0.2, -0.15) is 0 Å². The third-order valence-electron chi connectivity index (χ3n) is 3.14. The standard InChI is InChI=1S/C12H24O6/c1-2-3-4-5-6-17-8-12(16)11(15)10(14)9(13)7-18-12/h9-11,13-16H,2-8H2,1H3/t9-,10+,11+,12-/m1/s1. The van der Waals surface area contributed by atoms with Crippen molar-refractivity contribution in [2.24, 2.45) is 0 Å². The Morgan fingerprint density at radius 3 is 2.61 bits per heavy atom. The summed E-state index contributed by atoms with van der Waals surface area (Å²) >= 11 is 0. The lowest BCUT2D eigenvalue weighted by atomic mass is 9.97. The van der Waals surface area contributed by atoms with Crippen LogP contribution in [-0.4, -0.2) is 64.3 Å². The van der Waals surface area contributed by atoms with E-state index in [1.807, 2.05) is 0 Å². The molecule has 1 rings (SSSR count). The van der Waals surface area contributed by atoms with E-state index in [0.29, 0.717) is 6.61 Å². The van der Waals surface area contributed by atoms with Gasteiger partial charge in [-0.3, -0.25) is 0 Å². The van der Waals surface area contributed by atoms with E-state index in [2.05, 4.69) is 6.92 Å². The van der Waals surface area contributed by atoms with Crippen LogP contribution in [-0.2, 0) is 9.47 Å². The minimum atomic E-state index is -1.94. The van der Waals surface area contributed by atoms with Crippen molar-refractivity contribution in [2.45, 2.75) is 56.7 Å². The Labute approximate surface area is 107 Å². The van der Waals surface area contributed by atoms with E-state index in [1.54, 1.807) is 0 Å². The molecular formula is C12H24O6. The molecule has 108 valence electrons. The van der Waals surface area contributed by atoms with Crippen molar-refractivity contribution in [2.75, 3.05) is 19.8 Å². The van der Waals surface area contributed by atoms with Crippen LogP contribution in [0.4, 0.5) is 0 Å². The molecule has 0 aliphatic carbocycles. The van der Waals surface area contributed by atoms with Crippen LogP contribution in [0.3, 0.4) is 0 Å². The van der Waals surface area contributed by atoms with Crippen LogP contribution < -0.4 is 0 Å². The molecule has 0 aromatic heterocycles. The summed E-state index contributed by atoms with van der Waals surface area (Å²) in [4.78, 5) is 0. The topological polar surface area (TPSA) is 99.4 Å². The molecule has 1 aliphatic heterocycles. The highest BCUT2D eigenvalue weighted by molar-refractivity contribution is 4.91. The SMILES string of the molecule is CCCCCCOC[C@@]1(O)OC[C@@H](O)[C@H](O)[C@@H]1O. The Kier molecular flexibility index (Phi) is 6.48. The highest BCUT2D eigenvalue weighted by Gasteiger charge is 2.48. The maximum Gasteiger partial charge on any atom is 0.219 e. The van der Waals surface area contributed by atoms with Crippen molar-refractivity contribution in [3.63, 3.8) is 0 Å². The fourth-order valence-corrected chi connectivity index (χ4v) is 1.87. The second-order valence-corrected chi connectivity index (χ2v) is 4.77. The van der Waals surface area contributed by atoms with Gasteiger partial charge in [0.1, 0.15) is 24.9 Å². The lowest BCUT2D eigenvalue weighted by molar-refractivity contribution is -0.335. The van der Waals surface area contributed by atoms with Gasteiger partial charge >= 0.3 is 0 Å². The molecule has 6 heteroatoms. The predicted molar refractivity (Wildman–Crippen MR) is 63.9 cm³/mol. The average molecular weight is 264 g/mol. The molecule has 4 N–H and O–H groups in total. The van der Waals surface area contributed by atoms with E-state index in [0.717, 1.165) is 25.7 Å². The molecule has 0 radical (unpaired) electrons. The minimum Gasteiger partial charge on any atom is -0.388 e. The van der Waals surface area contributed by atoms with Crippen molar-refractivity contribution in [1.82, 2.24) is 0 Å². The summed E-state index contributed by atoms with van der Waals surface area (Å²) in [6, 6.07) is 0. The zero-order chi connectivity index (χ0) is 13.6. The fraction of sp³-hybridized carbons (Fsp3) is 1.00. The van der Waals surface area contributed by atoms with Crippen LogP contribution in [0.15, 0.2) is 0 Å². The lowest BCUT2D eigenvalue weighted by Crippen LogP contribution is -2.62. The summed E-state index contributed by atoms with van der Waals surface area (Å²) in [7, 11) is 0. The van der Waals surface area contributed by atoms with Crippen molar-refractivity contribution in [3.8, 4) is 0 Å². The first-order chi connectivity index (χ1) is 8.51. The van der Waals surface area contributed by atoms with E-state index in [9.17, 15) is 20.4 Å². The number of rotatable bonds is 7. The average Bonchev–Trinajstić information content (AvgIpc) is 2.36. The number of ether oxygens (including phenoxy) is 2. The van der Waals surface area contributed by atoms with Gasteiger partial charge in [0.05, 0.1) is 6.61 Å². The summed E-state index contributed by atoms with van der Waals surface area (Å²) in [5.41, 5.74) is 0. The highest BCUT2D eigenvalue weighted by atomic mass is 16.7. The smallest absolute Gasteiger partial charge is 0.219 e. The molecule has 1 heterocycles. The Bertz CT molecular complexity index is 237. The van der Waals surface area contributed by atoms with Gasteiger partial charge < -0.3 is 29.9 Å². The van der Waals surface area contributed by atoms with Crippen molar-refractivity contribution in [3.05, 3.63) is 0 Å². The Morgan fingerprint density at radius 2 is 1.94 bits per heavy atom. The van der Waals surface area contributed by atoms with Gasteiger partial charge in [-0.1, -0.05) is 26.2 Å². The highest BCUT2D eigenvalue weighted by Crippen LogP contribution is 2.24. The molecule has 0 saturated carbocycles. The van der Waals surface area contributed by atoms with Gasteiger partial charge in [0.25, 0.3) is 0 Å². The Balaban J connectivity index is 2.27. The molecule has 0 spiro atoms. The predicted octanol–water partition coefficient (Wildman–Crippen LogP) is -0.615. The Hall–Kier alpha value is -0.240. The molecule has 1 aliphatic rings. The zero-order valence-electron chi connectivity index (χ0n) is 10.8. The monoisotopic (exact) mass is 264 g/mol. The number of hydrogen-bond donors (Lipinski definition) is 4. The summed E-state index contributed by atoms with van der Waals surface area (Å²) in [6.45, 7) is 2.14. The quantitative estimate of drug-likeness (QED) is 0.458. The molecule has 0 aromatic rings. The first-order valence-corrected chi connectivity index (χ1v) is 6.49. The van der Waals surface area contributed by atoms with E-state index in [4.69, 9.17) is 9.47 Å². The van der Waals surface area contributed by atoms with E-state index in [-0.39, 0.29) is 13.2 Å².